The topological polar surface area (TPSA) is 84.6 Å². The Morgan fingerprint density at radius 1 is 1.19 bits per heavy atom. The van der Waals surface area contributed by atoms with Gasteiger partial charge < -0.3 is 19.7 Å². The largest absolute Gasteiger partial charge is 0.507 e. The molecule has 0 saturated heterocycles. The van der Waals surface area contributed by atoms with Crippen LogP contribution in [0.4, 0.5) is 4.79 Å². The number of rotatable bonds is 6. The van der Waals surface area contributed by atoms with Crippen molar-refractivity contribution in [3.63, 3.8) is 0 Å². The van der Waals surface area contributed by atoms with Gasteiger partial charge >= 0.3 is 6.09 Å². The van der Waals surface area contributed by atoms with Crippen molar-refractivity contribution in [2.24, 2.45) is 0 Å². The second-order valence-electron chi connectivity index (χ2n) is 5.50. The van der Waals surface area contributed by atoms with Crippen LogP contribution < -0.4 is 5.32 Å². The normalized spacial score (nSPS) is 10.8. The predicted molar refractivity (Wildman–Crippen MR) is 97.3 cm³/mol. The number of aromatic nitrogens is 1. The van der Waals surface area contributed by atoms with Gasteiger partial charge in [-0.15, -0.1) is 0 Å². The van der Waals surface area contributed by atoms with Crippen LogP contribution >= 0.6 is 0 Å². The van der Waals surface area contributed by atoms with E-state index in [1.165, 1.54) is 6.20 Å². The lowest BCUT2D eigenvalue weighted by Gasteiger charge is -2.05. The van der Waals surface area contributed by atoms with Crippen LogP contribution in [0.25, 0.3) is 17.4 Å². The van der Waals surface area contributed by atoms with Crippen molar-refractivity contribution in [3.05, 3.63) is 78.0 Å². The van der Waals surface area contributed by atoms with E-state index in [0.29, 0.717) is 17.9 Å². The monoisotopic (exact) mass is 350 g/mol. The smallest absolute Gasteiger partial charge is 0.407 e. The van der Waals surface area contributed by atoms with Gasteiger partial charge in [0, 0.05) is 12.6 Å². The highest BCUT2D eigenvalue weighted by Crippen LogP contribution is 2.29. The molecule has 0 aliphatic carbocycles. The minimum atomic E-state index is -0.480. The molecule has 0 fully saturated rings. The average molecular weight is 350 g/mol. The zero-order chi connectivity index (χ0) is 18.2. The number of carbonyl (C=O) groups is 1. The van der Waals surface area contributed by atoms with Gasteiger partial charge in [-0.05, 0) is 23.3 Å². The molecule has 1 aromatic heterocycles. The Morgan fingerprint density at radius 3 is 2.81 bits per heavy atom. The van der Waals surface area contributed by atoms with E-state index in [1.807, 2.05) is 36.4 Å². The lowest BCUT2D eigenvalue weighted by Crippen LogP contribution is -2.24. The number of carbonyl (C=O) groups excluding carboxylic acids is 1. The number of amides is 1. The molecule has 0 radical (unpaired) electrons. The maximum absolute atomic E-state index is 11.7. The number of benzene rings is 2. The molecule has 0 aliphatic heterocycles. The fourth-order valence-corrected chi connectivity index (χ4v) is 2.32. The van der Waals surface area contributed by atoms with E-state index in [2.05, 4.69) is 10.5 Å². The lowest BCUT2D eigenvalue weighted by atomic mass is 10.1. The third kappa shape index (κ3) is 4.73. The molecule has 3 rings (SSSR count). The molecule has 0 atom stereocenters. The maximum atomic E-state index is 11.7. The van der Waals surface area contributed by atoms with Crippen LogP contribution in [0.5, 0.6) is 5.75 Å². The van der Waals surface area contributed by atoms with E-state index in [-0.39, 0.29) is 12.4 Å². The molecule has 132 valence electrons. The van der Waals surface area contributed by atoms with Crippen LogP contribution in [-0.2, 0) is 11.3 Å². The molecule has 3 aromatic rings. The molecule has 6 heteroatoms. The summed E-state index contributed by atoms with van der Waals surface area (Å²) in [7, 11) is 0. The van der Waals surface area contributed by atoms with Gasteiger partial charge in [-0.1, -0.05) is 53.7 Å². The highest BCUT2D eigenvalue weighted by molar-refractivity contribution is 5.70. The van der Waals surface area contributed by atoms with Gasteiger partial charge in [-0.3, -0.25) is 0 Å². The first kappa shape index (κ1) is 17.3. The van der Waals surface area contributed by atoms with Crippen molar-refractivity contribution in [1.82, 2.24) is 10.5 Å². The second kappa shape index (κ2) is 8.53. The summed E-state index contributed by atoms with van der Waals surface area (Å²) < 4.78 is 10.2. The summed E-state index contributed by atoms with van der Waals surface area (Å²) in [6, 6.07) is 16.3. The fourth-order valence-electron chi connectivity index (χ4n) is 2.32. The van der Waals surface area contributed by atoms with Crippen LogP contribution in [0.15, 0.2) is 71.4 Å². The van der Waals surface area contributed by atoms with Crippen LogP contribution in [-0.4, -0.2) is 22.9 Å². The number of phenols is 1. The molecule has 0 saturated carbocycles. The molecular formula is C20H18N2O4. The van der Waals surface area contributed by atoms with Gasteiger partial charge in [0.2, 0.25) is 0 Å². The number of nitrogens with zero attached hydrogens (tertiary/aromatic N) is 1. The first-order valence-corrected chi connectivity index (χ1v) is 8.07. The van der Waals surface area contributed by atoms with Gasteiger partial charge in [0.25, 0.3) is 0 Å². The summed E-state index contributed by atoms with van der Waals surface area (Å²) in [6.07, 6.45) is 4.66. The van der Waals surface area contributed by atoms with E-state index in [1.54, 1.807) is 30.3 Å². The summed E-state index contributed by atoms with van der Waals surface area (Å²) in [5, 5.41) is 16.2. The molecule has 26 heavy (non-hydrogen) atoms. The van der Waals surface area contributed by atoms with Crippen molar-refractivity contribution in [1.29, 1.82) is 0 Å². The van der Waals surface area contributed by atoms with Gasteiger partial charge in [0.15, 0.2) is 5.76 Å². The fraction of sp³-hybridized carbons (Fsp3) is 0.100. The van der Waals surface area contributed by atoms with E-state index in [4.69, 9.17) is 9.26 Å². The Hall–Kier alpha value is -3.54. The third-order valence-corrected chi connectivity index (χ3v) is 3.61. The Labute approximate surface area is 150 Å². The number of hydrogen-bond donors (Lipinski definition) is 2. The quantitative estimate of drug-likeness (QED) is 0.702. The van der Waals surface area contributed by atoms with Gasteiger partial charge in [0.1, 0.15) is 12.4 Å². The van der Waals surface area contributed by atoms with E-state index in [0.717, 1.165) is 11.1 Å². The molecule has 0 aliphatic rings. The summed E-state index contributed by atoms with van der Waals surface area (Å²) in [5.41, 5.74) is 2.34. The highest BCUT2D eigenvalue weighted by atomic mass is 16.5. The SMILES string of the molecule is O=C(NCC=Cc1ccc(O)c(-c2ccno2)c1)OCc1ccccc1. The highest BCUT2D eigenvalue weighted by Gasteiger charge is 2.08. The minimum absolute atomic E-state index is 0.113. The van der Waals surface area contributed by atoms with Crippen molar-refractivity contribution >= 4 is 12.2 Å². The zero-order valence-corrected chi connectivity index (χ0v) is 14.0. The molecule has 0 bridgehead atoms. The van der Waals surface area contributed by atoms with Crippen molar-refractivity contribution in [2.45, 2.75) is 6.61 Å². The number of alkyl carbamates (subject to hydrolysis) is 1. The van der Waals surface area contributed by atoms with Crippen molar-refractivity contribution in [3.8, 4) is 17.1 Å². The van der Waals surface area contributed by atoms with Crippen molar-refractivity contribution in [2.75, 3.05) is 6.54 Å². The van der Waals surface area contributed by atoms with Crippen LogP contribution in [0, 0.1) is 0 Å². The molecule has 2 aromatic carbocycles. The Kier molecular flexibility index (Phi) is 5.67. The standard InChI is InChI=1S/C20H18N2O4/c23-18-9-8-15(13-17(18)19-10-12-22-26-19)7-4-11-21-20(24)25-14-16-5-2-1-3-6-16/h1-10,12-13,23H,11,14H2,(H,21,24). The first-order valence-electron chi connectivity index (χ1n) is 8.07. The van der Waals surface area contributed by atoms with E-state index < -0.39 is 6.09 Å². The second-order valence-corrected chi connectivity index (χ2v) is 5.50. The maximum Gasteiger partial charge on any atom is 0.407 e. The molecule has 0 unspecified atom stereocenters. The average Bonchev–Trinajstić information content (AvgIpc) is 3.20. The molecule has 1 amide bonds. The summed E-state index contributed by atoms with van der Waals surface area (Å²) in [4.78, 5) is 11.7. The Balaban J connectivity index is 1.49. The van der Waals surface area contributed by atoms with Gasteiger partial charge in [-0.2, -0.15) is 0 Å². The molecule has 1 heterocycles. The van der Waals surface area contributed by atoms with Crippen LogP contribution in [0.2, 0.25) is 0 Å². The molecule has 2 N–H and O–H groups in total. The Bertz CT molecular complexity index is 874. The third-order valence-electron chi connectivity index (χ3n) is 3.61. The van der Waals surface area contributed by atoms with Gasteiger partial charge in [-0.25, -0.2) is 4.79 Å². The Morgan fingerprint density at radius 2 is 2.04 bits per heavy atom. The first-order chi connectivity index (χ1) is 12.7. The summed E-state index contributed by atoms with van der Waals surface area (Å²) in [6.45, 7) is 0.557. The zero-order valence-electron chi connectivity index (χ0n) is 14.0. The van der Waals surface area contributed by atoms with Crippen LogP contribution in [0.1, 0.15) is 11.1 Å². The number of ether oxygens (including phenoxy) is 1. The number of aromatic hydroxyl groups is 1. The van der Waals surface area contributed by atoms with E-state index in [9.17, 15) is 9.90 Å². The predicted octanol–water partition coefficient (Wildman–Crippen LogP) is 3.99. The number of hydrogen-bond acceptors (Lipinski definition) is 5. The lowest BCUT2D eigenvalue weighted by molar-refractivity contribution is 0.141. The number of nitrogens with one attached hydrogen (secondary N) is 1. The van der Waals surface area contributed by atoms with Crippen molar-refractivity contribution < 1.29 is 19.2 Å². The molecule has 0 spiro atoms. The molecule has 6 nitrogen and oxygen atoms in total. The van der Waals surface area contributed by atoms with Crippen LogP contribution in [0.3, 0.4) is 0 Å². The van der Waals surface area contributed by atoms with E-state index >= 15 is 0 Å². The summed E-state index contributed by atoms with van der Waals surface area (Å²) >= 11 is 0. The van der Waals surface area contributed by atoms with Gasteiger partial charge in [0.05, 0.1) is 11.8 Å². The molecular weight excluding hydrogens is 332 g/mol. The summed E-state index contributed by atoms with van der Waals surface area (Å²) in [5.74, 6) is 0.599. The number of phenolic OH excluding ortho intramolecular Hbond substituents is 1. The minimum Gasteiger partial charge on any atom is -0.507 e.